The summed E-state index contributed by atoms with van der Waals surface area (Å²) < 4.78 is 13.5. The van der Waals surface area contributed by atoms with Crippen LogP contribution in [0.3, 0.4) is 0 Å². The first-order chi connectivity index (χ1) is 13.1. The molecule has 1 aliphatic heterocycles. The molecule has 6 heteroatoms. The summed E-state index contributed by atoms with van der Waals surface area (Å²) in [5.41, 5.74) is 3.27. The van der Waals surface area contributed by atoms with Crippen molar-refractivity contribution >= 4 is 0 Å². The van der Waals surface area contributed by atoms with E-state index in [4.69, 9.17) is 14.6 Å². The zero-order valence-corrected chi connectivity index (χ0v) is 16.6. The van der Waals surface area contributed by atoms with Gasteiger partial charge in [-0.1, -0.05) is 0 Å². The average Bonchev–Trinajstić information content (AvgIpc) is 3.47. The van der Waals surface area contributed by atoms with Crippen molar-refractivity contribution in [2.45, 2.75) is 44.8 Å². The molecule has 0 radical (unpaired) electrons. The number of fused-ring (bicyclic) bond motifs is 1. The minimum atomic E-state index is 0.538. The van der Waals surface area contributed by atoms with Crippen LogP contribution in [0.5, 0.6) is 11.5 Å². The lowest BCUT2D eigenvalue weighted by Gasteiger charge is -2.24. The fourth-order valence-electron chi connectivity index (χ4n) is 3.62. The van der Waals surface area contributed by atoms with E-state index in [1.165, 1.54) is 18.4 Å². The monoisotopic (exact) mass is 370 g/mol. The van der Waals surface area contributed by atoms with Gasteiger partial charge in [-0.3, -0.25) is 9.58 Å². The Balaban J connectivity index is 1.45. The fourth-order valence-corrected chi connectivity index (χ4v) is 3.62. The molecule has 2 aromatic rings. The van der Waals surface area contributed by atoms with Crippen LogP contribution in [0.25, 0.3) is 11.3 Å². The molecule has 1 unspecified atom stereocenters. The molecule has 1 aromatic heterocycles. The zero-order chi connectivity index (χ0) is 18.8. The maximum absolute atomic E-state index is 5.84. The van der Waals surface area contributed by atoms with Gasteiger partial charge >= 0.3 is 0 Å². The summed E-state index contributed by atoms with van der Waals surface area (Å²) in [5, 5.41) is 8.30. The first-order valence-electron chi connectivity index (χ1n) is 9.97. The lowest BCUT2D eigenvalue weighted by molar-refractivity contribution is 0.241. The van der Waals surface area contributed by atoms with E-state index in [9.17, 15) is 0 Å². The molecule has 1 fully saturated rings. The SMILES string of the molecule is CC(CNCc1cn(C)nc1-c1ccc2c(c1)OCCCO2)N(C)C1CC1. The van der Waals surface area contributed by atoms with E-state index in [1.54, 1.807) is 0 Å². The Bertz CT molecular complexity index is 784. The molecule has 1 atom stereocenters. The van der Waals surface area contributed by atoms with Crippen LogP contribution in [-0.4, -0.2) is 53.6 Å². The molecule has 0 spiro atoms. The van der Waals surface area contributed by atoms with E-state index < -0.39 is 0 Å². The molecule has 27 heavy (non-hydrogen) atoms. The van der Waals surface area contributed by atoms with Crippen molar-refractivity contribution in [1.82, 2.24) is 20.0 Å². The quantitative estimate of drug-likeness (QED) is 0.812. The number of rotatable bonds is 7. The van der Waals surface area contributed by atoms with Gasteiger partial charge in [0.05, 0.1) is 18.9 Å². The smallest absolute Gasteiger partial charge is 0.161 e. The summed E-state index contributed by atoms with van der Waals surface area (Å²) in [7, 11) is 4.21. The minimum absolute atomic E-state index is 0.538. The molecule has 146 valence electrons. The lowest BCUT2D eigenvalue weighted by Crippen LogP contribution is -2.38. The highest BCUT2D eigenvalue weighted by Gasteiger charge is 2.28. The number of nitrogens with one attached hydrogen (secondary N) is 1. The summed E-state index contributed by atoms with van der Waals surface area (Å²) >= 11 is 0. The molecule has 1 N–H and O–H groups in total. The predicted octanol–water partition coefficient (Wildman–Crippen LogP) is 2.82. The van der Waals surface area contributed by atoms with E-state index in [0.717, 1.165) is 48.3 Å². The third kappa shape index (κ3) is 4.28. The average molecular weight is 370 g/mol. The van der Waals surface area contributed by atoms with Crippen LogP contribution in [0.4, 0.5) is 0 Å². The number of nitrogens with zero attached hydrogens (tertiary/aromatic N) is 3. The van der Waals surface area contributed by atoms with E-state index in [2.05, 4.69) is 42.5 Å². The van der Waals surface area contributed by atoms with Gasteiger partial charge in [0.25, 0.3) is 0 Å². The van der Waals surface area contributed by atoms with Gasteiger partial charge in [-0.15, -0.1) is 0 Å². The van der Waals surface area contributed by atoms with Gasteiger partial charge in [0.1, 0.15) is 0 Å². The zero-order valence-electron chi connectivity index (χ0n) is 16.6. The van der Waals surface area contributed by atoms with Crippen molar-refractivity contribution in [2.75, 3.05) is 26.8 Å². The number of aryl methyl sites for hydroxylation is 1. The Kier molecular flexibility index (Phi) is 5.36. The molecule has 2 aliphatic rings. The molecule has 0 saturated heterocycles. The minimum Gasteiger partial charge on any atom is -0.490 e. The molecule has 6 nitrogen and oxygen atoms in total. The Morgan fingerprint density at radius 1 is 1.26 bits per heavy atom. The number of ether oxygens (including phenoxy) is 2. The van der Waals surface area contributed by atoms with Crippen LogP contribution in [-0.2, 0) is 13.6 Å². The summed E-state index contributed by atoms with van der Waals surface area (Å²) in [4.78, 5) is 2.49. The first-order valence-corrected chi connectivity index (χ1v) is 9.97. The molecule has 1 saturated carbocycles. The Labute approximate surface area is 161 Å². The highest BCUT2D eigenvalue weighted by Crippen LogP contribution is 2.34. The molecule has 1 aliphatic carbocycles. The maximum atomic E-state index is 5.84. The number of hydrogen-bond acceptors (Lipinski definition) is 5. The Morgan fingerprint density at radius 2 is 2.04 bits per heavy atom. The van der Waals surface area contributed by atoms with Crippen LogP contribution in [0.15, 0.2) is 24.4 Å². The first kappa shape index (κ1) is 18.3. The van der Waals surface area contributed by atoms with Crippen molar-refractivity contribution in [3.8, 4) is 22.8 Å². The van der Waals surface area contributed by atoms with Crippen molar-refractivity contribution < 1.29 is 9.47 Å². The second-order valence-electron chi connectivity index (χ2n) is 7.77. The fraction of sp³-hybridized carbons (Fsp3) is 0.571. The van der Waals surface area contributed by atoms with Crippen molar-refractivity contribution in [3.63, 3.8) is 0 Å². The highest BCUT2D eigenvalue weighted by molar-refractivity contribution is 5.66. The number of likely N-dealkylation sites (N-methyl/N-ethyl adjacent to an activating group) is 1. The van der Waals surface area contributed by atoms with Gasteiger partial charge in [0.15, 0.2) is 11.5 Å². The van der Waals surface area contributed by atoms with Gasteiger partial charge in [-0.25, -0.2) is 0 Å². The topological polar surface area (TPSA) is 51.6 Å². The van der Waals surface area contributed by atoms with Crippen LogP contribution in [0.2, 0.25) is 0 Å². The molecule has 4 rings (SSSR count). The van der Waals surface area contributed by atoms with Crippen LogP contribution in [0, 0.1) is 0 Å². The Morgan fingerprint density at radius 3 is 2.81 bits per heavy atom. The van der Waals surface area contributed by atoms with Crippen LogP contribution < -0.4 is 14.8 Å². The second-order valence-corrected chi connectivity index (χ2v) is 7.77. The number of benzene rings is 1. The van der Waals surface area contributed by atoms with Gasteiger partial charge in [-0.2, -0.15) is 5.10 Å². The number of aromatic nitrogens is 2. The van der Waals surface area contributed by atoms with Crippen molar-refractivity contribution in [3.05, 3.63) is 30.0 Å². The molecule has 2 heterocycles. The van der Waals surface area contributed by atoms with Crippen molar-refractivity contribution in [2.24, 2.45) is 7.05 Å². The normalized spacial score (nSPS) is 17.8. The molecule has 1 aromatic carbocycles. The molecular weight excluding hydrogens is 340 g/mol. The van der Waals surface area contributed by atoms with E-state index in [0.29, 0.717) is 19.3 Å². The third-order valence-corrected chi connectivity index (χ3v) is 5.50. The predicted molar refractivity (Wildman–Crippen MR) is 106 cm³/mol. The number of hydrogen-bond donors (Lipinski definition) is 1. The van der Waals surface area contributed by atoms with Gasteiger partial charge in [0.2, 0.25) is 0 Å². The van der Waals surface area contributed by atoms with Gasteiger partial charge in [-0.05, 0) is 45.0 Å². The maximum Gasteiger partial charge on any atom is 0.161 e. The third-order valence-electron chi connectivity index (χ3n) is 5.50. The van der Waals surface area contributed by atoms with Gasteiger partial charge < -0.3 is 14.8 Å². The van der Waals surface area contributed by atoms with Crippen molar-refractivity contribution in [1.29, 1.82) is 0 Å². The lowest BCUT2D eigenvalue weighted by atomic mass is 10.1. The summed E-state index contributed by atoms with van der Waals surface area (Å²) in [6.45, 7) is 5.47. The molecular formula is C21H30N4O2. The van der Waals surface area contributed by atoms with E-state index >= 15 is 0 Å². The molecule has 0 amide bonds. The Hall–Kier alpha value is -2.05. The summed E-state index contributed by atoms with van der Waals surface area (Å²) in [6, 6.07) is 7.45. The summed E-state index contributed by atoms with van der Waals surface area (Å²) in [5.74, 6) is 1.64. The van der Waals surface area contributed by atoms with Crippen LogP contribution >= 0.6 is 0 Å². The van der Waals surface area contributed by atoms with Gasteiger partial charge in [0, 0.05) is 56.0 Å². The van der Waals surface area contributed by atoms with Crippen LogP contribution in [0.1, 0.15) is 31.7 Å². The van der Waals surface area contributed by atoms with E-state index in [1.807, 2.05) is 17.8 Å². The standard InChI is InChI=1S/C21H30N4O2/c1-15(25(3)18-6-7-18)12-22-13-17-14-24(2)23-21(17)16-5-8-19-20(11-16)27-10-4-9-26-19/h5,8,11,14-15,18,22H,4,6-7,9-10,12-13H2,1-3H3. The molecule has 0 bridgehead atoms. The largest absolute Gasteiger partial charge is 0.490 e. The van der Waals surface area contributed by atoms with E-state index in [-0.39, 0.29) is 0 Å². The second kappa shape index (κ2) is 7.90. The summed E-state index contributed by atoms with van der Waals surface area (Å²) in [6.07, 6.45) is 5.70. The highest BCUT2D eigenvalue weighted by atomic mass is 16.5.